The molecule has 2 heterocycles. The zero-order chi connectivity index (χ0) is 22.8. The maximum atomic E-state index is 11.5. The number of likely N-dealkylation sites (tertiary alicyclic amines) is 1. The molecule has 0 spiro atoms. The SMILES string of the molecule is COc1ccc2cc(CN3CC(Oc4ccc(-c5ccc(S(C)=O)nc5)cc4)C3)ccc2c1. The van der Waals surface area contributed by atoms with Crippen molar-refractivity contribution in [2.45, 2.75) is 17.7 Å². The highest BCUT2D eigenvalue weighted by molar-refractivity contribution is 7.84. The number of fused-ring (bicyclic) bond motifs is 1. The van der Waals surface area contributed by atoms with E-state index in [1.165, 1.54) is 16.3 Å². The molecule has 0 bridgehead atoms. The largest absolute Gasteiger partial charge is 0.497 e. The van der Waals surface area contributed by atoms with Crippen LogP contribution in [0.4, 0.5) is 0 Å². The second kappa shape index (κ2) is 9.33. The maximum absolute atomic E-state index is 11.5. The summed E-state index contributed by atoms with van der Waals surface area (Å²) in [5.41, 5.74) is 3.37. The number of benzene rings is 3. The zero-order valence-corrected chi connectivity index (χ0v) is 19.5. The average Bonchev–Trinajstić information content (AvgIpc) is 2.83. The molecule has 1 unspecified atom stereocenters. The highest BCUT2D eigenvalue weighted by Crippen LogP contribution is 2.26. The minimum atomic E-state index is -1.06. The number of aromatic nitrogens is 1. The molecule has 33 heavy (non-hydrogen) atoms. The van der Waals surface area contributed by atoms with Crippen molar-refractivity contribution < 1.29 is 13.7 Å². The Hall–Kier alpha value is -3.22. The van der Waals surface area contributed by atoms with Crippen LogP contribution in [0.3, 0.4) is 0 Å². The van der Waals surface area contributed by atoms with E-state index in [1.807, 2.05) is 42.5 Å². The van der Waals surface area contributed by atoms with Gasteiger partial charge in [0, 0.05) is 37.7 Å². The van der Waals surface area contributed by atoms with Crippen molar-refractivity contribution in [3.8, 4) is 22.6 Å². The van der Waals surface area contributed by atoms with Crippen LogP contribution >= 0.6 is 0 Å². The molecule has 0 N–H and O–H groups in total. The molecule has 5 nitrogen and oxygen atoms in total. The Kier molecular flexibility index (Phi) is 6.11. The summed E-state index contributed by atoms with van der Waals surface area (Å²) >= 11 is 0. The molecule has 1 aromatic heterocycles. The number of rotatable bonds is 7. The maximum Gasteiger partial charge on any atom is 0.126 e. The third-order valence-electron chi connectivity index (χ3n) is 5.96. The van der Waals surface area contributed by atoms with E-state index >= 15 is 0 Å². The molecule has 4 aromatic rings. The van der Waals surface area contributed by atoms with Gasteiger partial charge in [-0.05, 0) is 58.3 Å². The molecule has 0 aliphatic carbocycles. The van der Waals surface area contributed by atoms with Crippen molar-refractivity contribution in [2.75, 3.05) is 26.5 Å². The molecule has 1 aliphatic heterocycles. The first-order valence-corrected chi connectivity index (χ1v) is 12.5. The number of hydrogen-bond acceptors (Lipinski definition) is 5. The van der Waals surface area contributed by atoms with Crippen molar-refractivity contribution in [2.24, 2.45) is 0 Å². The summed E-state index contributed by atoms with van der Waals surface area (Å²) in [7, 11) is 0.632. The van der Waals surface area contributed by atoms with Crippen LogP contribution in [0.2, 0.25) is 0 Å². The Morgan fingerprint density at radius 1 is 0.909 bits per heavy atom. The lowest BCUT2D eigenvalue weighted by Gasteiger charge is -2.39. The highest BCUT2D eigenvalue weighted by atomic mass is 32.2. The molecule has 1 aliphatic rings. The van der Waals surface area contributed by atoms with E-state index in [1.54, 1.807) is 19.6 Å². The van der Waals surface area contributed by atoms with Crippen molar-refractivity contribution >= 4 is 21.6 Å². The predicted octanol–water partition coefficient (Wildman–Crippen LogP) is 4.91. The van der Waals surface area contributed by atoms with Gasteiger partial charge >= 0.3 is 0 Å². The summed E-state index contributed by atoms with van der Waals surface area (Å²) < 4.78 is 23.0. The van der Waals surface area contributed by atoms with Gasteiger partial charge < -0.3 is 9.47 Å². The van der Waals surface area contributed by atoms with Crippen LogP contribution in [-0.4, -0.2) is 46.7 Å². The Balaban J connectivity index is 1.14. The Bertz CT molecular complexity index is 1280. The smallest absolute Gasteiger partial charge is 0.126 e. The van der Waals surface area contributed by atoms with Gasteiger partial charge in [0.2, 0.25) is 0 Å². The van der Waals surface area contributed by atoms with Crippen LogP contribution in [-0.2, 0) is 17.3 Å². The molecule has 6 heteroatoms. The van der Waals surface area contributed by atoms with Crippen LogP contribution in [0.15, 0.2) is 84.0 Å². The molecule has 1 atom stereocenters. The standard InChI is InChI=1S/C27H26N2O3S/c1-31-25-11-7-21-13-19(3-4-22(21)14-25)16-29-17-26(18-29)32-24-9-5-20(6-10-24)23-8-12-27(28-15-23)33(2)30/h3-15,26H,16-18H2,1-2H3. The summed E-state index contributed by atoms with van der Waals surface area (Å²) in [5, 5.41) is 3.02. The second-order valence-corrected chi connectivity index (χ2v) is 9.67. The zero-order valence-electron chi connectivity index (χ0n) is 18.7. The van der Waals surface area contributed by atoms with Gasteiger partial charge in [0.05, 0.1) is 17.9 Å². The van der Waals surface area contributed by atoms with Gasteiger partial charge in [0.15, 0.2) is 0 Å². The second-order valence-electron chi connectivity index (χ2n) is 8.34. The topological polar surface area (TPSA) is 51.7 Å². The third kappa shape index (κ3) is 4.92. The van der Waals surface area contributed by atoms with Crippen molar-refractivity contribution in [3.63, 3.8) is 0 Å². The first-order chi connectivity index (χ1) is 16.1. The van der Waals surface area contributed by atoms with Crippen LogP contribution in [0.5, 0.6) is 11.5 Å². The fourth-order valence-electron chi connectivity index (χ4n) is 4.12. The molecule has 1 saturated heterocycles. The summed E-state index contributed by atoms with van der Waals surface area (Å²) in [6, 6.07) is 24.6. The molecular weight excluding hydrogens is 432 g/mol. The lowest BCUT2D eigenvalue weighted by molar-refractivity contribution is 0.0146. The van der Waals surface area contributed by atoms with E-state index in [-0.39, 0.29) is 6.10 Å². The average molecular weight is 459 g/mol. The molecule has 0 amide bonds. The van der Waals surface area contributed by atoms with Gasteiger partial charge in [-0.1, -0.05) is 36.4 Å². The van der Waals surface area contributed by atoms with Crippen molar-refractivity contribution in [3.05, 3.63) is 84.6 Å². The monoisotopic (exact) mass is 458 g/mol. The number of hydrogen-bond donors (Lipinski definition) is 0. The fraction of sp³-hybridized carbons (Fsp3) is 0.222. The van der Waals surface area contributed by atoms with E-state index < -0.39 is 10.8 Å². The molecule has 3 aromatic carbocycles. The van der Waals surface area contributed by atoms with Gasteiger partial charge in [-0.3, -0.25) is 9.11 Å². The molecular formula is C27H26N2O3S. The minimum Gasteiger partial charge on any atom is -0.497 e. The lowest BCUT2D eigenvalue weighted by atomic mass is 10.0. The van der Waals surface area contributed by atoms with E-state index in [9.17, 15) is 4.21 Å². The number of pyridine rings is 1. The third-order valence-corrected chi connectivity index (χ3v) is 6.79. The van der Waals surface area contributed by atoms with Gasteiger partial charge in [0.1, 0.15) is 22.6 Å². The first-order valence-electron chi connectivity index (χ1n) is 10.9. The summed E-state index contributed by atoms with van der Waals surface area (Å²) in [4.78, 5) is 6.67. The predicted molar refractivity (Wildman–Crippen MR) is 132 cm³/mol. The molecule has 5 rings (SSSR count). The highest BCUT2D eigenvalue weighted by Gasteiger charge is 2.28. The summed E-state index contributed by atoms with van der Waals surface area (Å²) in [5.74, 6) is 1.76. The van der Waals surface area contributed by atoms with Gasteiger partial charge in [-0.2, -0.15) is 0 Å². The summed E-state index contributed by atoms with van der Waals surface area (Å²) in [6.45, 7) is 2.76. The number of nitrogens with zero attached hydrogens (tertiary/aromatic N) is 2. The Labute approximate surface area is 196 Å². The van der Waals surface area contributed by atoms with Crippen LogP contribution in [0, 0.1) is 0 Å². The van der Waals surface area contributed by atoms with Crippen LogP contribution in [0.1, 0.15) is 5.56 Å². The van der Waals surface area contributed by atoms with Crippen molar-refractivity contribution in [1.29, 1.82) is 0 Å². The van der Waals surface area contributed by atoms with E-state index in [0.29, 0.717) is 5.03 Å². The Morgan fingerprint density at radius 2 is 1.61 bits per heavy atom. The van der Waals surface area contributed by atoms with E-state index in [2.05, 4.69) is 40.2 Å². The number of methoxy groups -OCH3 is 1. The van der Waals surface area contributed by atoms with Gasteiger partial charge in [-0.25, -0.2) is 4.98 Å². The van der Waals surface area contributed by atoms with Crippen LogP contribution in [0.25, 0.3) is 21.9 Å². The molecule has 0 saturated carbocycles. The Morgan fingerprint density at radius 3 is 2.30 bits per heavy atom. The first kappa shape index (κ1) is 21.6. The number of ether oxygens (including phenoxy) is 2. The molecule has 0 radical (unpaired) electrons. The van der Waals surface area contributed by atoms with Crippen molar-refractivity contribution in [1.82, 2.24) is 9.88 Å². The van der Waals surface area contributed by atoms with E-state index in [0.717, 1.165) is 42.3 Å². The lowest BCUT2D eigenvalue weighted by Crippen LogP contribution is -2.53. The van der Waals surface area contributed by atoms with Crippen LogP contribution < -0.4 is 9.47 Å². The summed E-state index contributed by atoms with van der Waals surface area (Å²) in [6.07, 6.45) is 3.61. The normalized spacial score (nSPS) is 15.2. The quantitative estimate of drug-likeness (QED) is 0.394. The van der Waals surface area contributed by atoms with E-state index in [4.69, 9.17) is 9.47 Å². The minimum absolute atomic E-state index is 0.209. The molecule has 168 valence electrons. The van der Waals surface area contributed by atoms with Gasteiger partial charge in [0.25, 0.3) is 0 Å². The van der Waals surface area contributed by atoms with Gasteiger partial charge in [-0.15, -0.1) is 0 Å². The fourth-order valence-corrected chi connectivity index (χ4v) is 4.58. The molecule has 1 fully saturated rings.